The van der Waals surface area contributed by atoms with Crippen LogP contribution in [0, 0.1) is 13.8 Å². The number of sulfonamides is 1. The summed E-state index contributed by atoms with van der Waals surface area (Å²) in [5.74, 6) is 0.592. The molecule has 0 unspecified atom stereocenters. The smallest absolute Gasteiger partial charge is 0.318 e. The highest BCUT2D eigenvalue weighted by atomic mass is 32.2. The van der Waals surface area contributed by atoms with E-state index in [0.717, 1.165) is 61.6 Å². The van der Waals surface area contributed by atoms with Gasteiger partial charge in [0, 0.05) is 37.7 Å². The van der Waals surface area contributed by atoms with Crippen molar-refractivity contribution < 1.29 is 22.4 Å². The van der Waals surface area contributed by atoms with Gasteiger partial charge in [-0.15, -0.1) is 0 Å². The zero-order valence-electron chi connectivity index (χ0n) is 24.8. The third kappa shape index (κ3) is 8.85. The Morgan fingerprint density at radius 3 is 2.12 bits per heavy atom. The van der Waals surface area contributed by atoms with Gasteiger partial charge in [0.15, 0.2) is 0 Å². The number of hydrogen-bond donors (Lipinski definition) is 2. The van der Waals surface area contributed by atoms with Gasteiger partial charge in [-0.1, -0.05) is 44.9 Å². The minimum absolute atomic E-state index is 0.124. The van der Waals surface area contributed by atoms with E-state index >= 15 is 0 Å². The van der Waals surface area contributed by atoms with Gasteiger partial charge in [-0.05, 0) is 74.4 Å². The van der Waals surface area contributed by atoms with Crippen LogP contribution in [0.5, 0.6) is 0 Å². The Kier molecular flexibility index (Phi) is 11.9. The molecule has 0 aromatic heterocycles. The van der Waals surface area contributed by atoms with Crippen molar-refractivity contribution in [2.24, 2.45) is 10.7 Å². The Balaban J connectivity index is 1.49. The number of aliphatic imine (C=N–C) groups is 1. The maximum atomic E-state index is 13.1. The Bertz CT molecular complexity index is 1220. The number of urea groups is 1. The van der Waals surface area contributed by atoms with Crippen LogP contribution in [0.1, 0.15) is 93.7 Å². The van der Waals surface area contributed by atoms with E-state index in [0.29, 0.717) is 30.8 Å². The predicted octanol–water partition coefficient (Wildman–Crippen LogP) is 5.35. The molecule has 1 fully saturated rings. The normalized spacial score (nSPS) is 17.3. The number of primary amides is 1. The van der Waals surface area contributed by atoms with Gasteiger partial charge in [0.05, 0.1) is 6.67 Å². The van der Waals surface area contributed by atoms with Crippen LogP contribution in [0.25, 0.3) is 6.08 Å². The predicted molar refractivity (Wildman–Crippen MR) is 163 cm³/mol. The lowest BCUT2D eigenvalue weighted by atomic mass is 9.89. The van der Waals surface area contributed by atoms with Crippen LogP contribution in [-0.4, -0.2) is 62.8 Å². The number of hydrogen-bond acceptors (Lipinski definition) is 5. The molecular formula is C30H46FN5O4S. The summed E-state index contributed by atoms with van der Waals surface area (Å²) in [6, 6.07) is 3.01. The van der Waals surface area contributed by atoms with Gasteiger partial charge in [0.2, 0.25) is 10.0 Å². The minimum Gasteiger partial charge on any atom is -0.351 e. The third-order valence-corrected chi connectivity index (χ3v) is 9.75. The van der Waals surface area contributed by atoms with E-state index in [1.54, 1.807) is 25.3 Å². The largest absolute Gasteiger partial charge is 0.351 e. The van der Waals surface area contributed by atoms with Gasteiger partial charge < -0.3 is 11.1 Å². The van der Waals surface area contributed by atoms with E-state index in [-0.39, 0.29) is 25.7 Å². The summed E-state index contributed by atoms with van der Waals surface area (Å²) >= 11 is 0. The van der Waals surface area contributed by atoms with Gasteiger partial charge in [-0.3, -0.25) is 19.1 Å². The van der Waals surface area contributed by atoms with Gasteiger partial charge >= 0.3 is 6.03 Å². The molecule has 1 saturated heterocycles. The van der Waals surface area contributed by atoms with Crippen molar-refractivity contribution in [3.05, 3.63) is 34.2 Å². The van der Waals surface area contributed by atoms with Crippen molar-refractivity contribution in [1.29, 1.82) is 0 Å². The lowest BCUT2D eigenvalue weighted by molar-refractivity contribution is -0.124. The number of amidine groups is 1. The number of amides is 3. The van der Waals surface area contributed by atoms with E-state index in [2.05, 4.69) is 5.32 Å². The lowest BCUT2D eigenvalue weighted by Crippen LogP contribution is -2.50. The Morgan fingerprint density at radius 1 is 1.05 bits per heavy atom. The summed E-state index contributed by atoms with van der Waals surface area (Å²) in [5.41, 5.74) is 7.55. The number of nitrogens with zero attached hydrogens (tertiary/aromatic N) is 3. The first-order chi connectivity index (χ1) is 19.5. The number of nitrogens with two attached hydrogens (primary N) is 1. The molecule has 9 nitrogen and oxygen atoms in total. The van der Waals surface area contributed by atoms with Crippen molar-refractivity contribution in [2.45, 2.75) is 96.4 Å². The van der Waals surface area contributed by atoms with E-state index in [9.17, 15) is 22.4 Å². The van der Waals surface area contributed by atoms with Gasteiger partial charge in [-0.2, -0.15) is 4.31 Å². The zero-order valence-corrected chi connectivity index (χ0v) is 25.6. The molecule has 2 aliphatic heterocycles. The molecule has 0 aliphatic carbocycles. The lowest BCUT2D eigenvalue weighted by Gasteiger charge is -2.34. The van der Waals surface area contributed by atoms with Crippen molar-refractivity contribution in [3.8, 4) is 0 Å². The monoisotopic (exact) mass is 591 g/mol. The number of carbonyl (C=O) groups is 2. The molecule has 2 aliphatic rings. The minimum atomic E-state index is -3.69. The average Bonchev–Trinajstić information content (AvgIpc) is 3.22. The maximum Gasteiger partial charge on any atom is 0.318 e. The number of carbonyl (C=O) groups excluding carboxylic acids is 2. The second kappa shape index (κ2) is 14.9. The van der Waals surface area contributed by atoms with Crippen LogP contribution in [0.3, 0.4) is 0 Å². The maximum absolute atomic E-state index is 13.1. The Labute approximate surface area is 244 Å². The van der Waals surface area contributed by atoms with Crippen molar-refractivity contribution in [1.82, 2.24) is 9.62 Å². The van der Waals surface area contributed by atoms with Gasteiger partial charge in [0.1, 0.15) is 11.4 Å². The van der Waals surface area contributed by atoms with E-state index in [1.807, 2.05) is 13.8 Å². The van der Waals surface area contributed by atoms with Crippen molar-refractivity contribution in [3.63, 3.8) is 0 Å². The molecule has 11 heteroatoms. The fraction of sp³-hybridized carbons (Fsp3) is 0.633. The molecule has 0 saturated carbocycles. The first-order valence-electron chi connectivity index (χ1n) is 14.8. The summed E-state index contributed by atoms with van der Waals surface area (Å²) in [4.78, 5) is 30.4. The molecule has 2 heterocycles. The van der Waals surface area contributed by atoms with E-state index < -0.39 is 21.6 Å². The highest BCUT2D eigenvalue weighted by Gasteiger charge is 2.46. The molecule has 0 radical (unpaired) electrons. The first kappa shape index (κ1) is 32.7. The standard InChI is InChI=1S/C30H46FN5O4S/c1-23-21-25(35(3)29(32)38)22-24(2)26(23)14-20-41(39,40)36-18-15-30(16-19-36)28(37)33-27(34-30)13-11-9-7-5-4-6-8-10-12-17-31/h14,20-22H,4-13,15-19H2,1-3H3,(H2,32,38)(H,33,34,37)/b20-14+. The number of unbranched alkanes of at least 4 members (excludes halogenated alkanes) is 8. The summed E-state index contributed by atoms with van der Waals surface area (Å²) in [5, 5.41) is 4.16. The van der Waals surface area contributed by atoms with Crippen LogP contribution < -0.4 is 16.0 Å². The molecule has 228 valence electrons. The summed E-state index contributed by atoms with van der Waals surface area (Å²) in [6.07, 6.45) is 12.5. The highest BCUT2D eigenvalue weighted by molar-refractivity contribution is 7.92. The van der Waals surface area contributed by atoms with Crippen LogP contribution in [0.4, 0.5) is 14.9 Å². The van der Waals surface area contributed by atoms with Gasteiger partial charge in [0.25, 0.3) is 5.91 Å². The first-order valence-corrected chi connectivity index (χ1v) is 16.3. The molecule has 3 rings (SSSR count). The summed E-state index contributed by atoms with van der Waals surface area (Å²) < 4.78 is 39.8. The summed E-state index contributed by atoms with van der Waals surface area (Å²) in [6.45, 7) is 3.95. The van der Waals surface area contributed by atoms with E-state index in [4.69, 9.17) is 10.7 Å². The SMILES string of the molecule is Cc1cc(N(C)C(N)=O)cc(C)c1/C=C/S(=O)(=O)N1CCC2(CC1)N=C(CCCCCCCCCCCF)NC2=O. The number of piperidine rings is 1. The van der Waals surface area contributed by atoms with Crippen LogP contribution in [0.15, 0.2) is 22.5 Å². The summed E-state index contributed by atoms with van der Waals surface area (Å²) in [7, 11) is -2.11. The van der Waals surface area contributed by atoms with Crippen LogP contribution in [0.2, 0.25) is 0 Å². The fourth-order valence-corrected chi connectivity index (χ4v) is 6.72. The molecule has 1 spiro atoms. The Hall–Kier alpha value is -2.79. The zero-order chi connectivity index (χ0) is 30.0. The molecule has 3 amide bonds. The molecular weight excluding hydrogens is 545 g/mol. The third-order valence-electron chi connectivity index (χ3n) is 8.19. The molecule has 3 N–H and O–H groups in total. The van der Waals surface area contributed by atoms with Crippen molar-refractivity contribution >= 4 is 39.6 Å². The number of benzene rings is 1. The second-order valence-corrected chi connectivity index (χ2v) is 13.1. The van der Waals surface area contributed by atoms with Crippen LogP contribution in [-0.2, 0) is 14.8 Å². The van der Waals surface area contributed by atoms with Gasteiger partial charge in [-0.25, -0.2) is 13.2 Å². The molecule has 0 atom stereocenters. The van der Waals surface area contributed by atoms with Crippen molar-refractivity contribution in [2.75, 3.05) is 31.7 Å². The van der Waals surface area contributed by atoms with E-state index in [1.165, 1.54) is 27.5 Å². The molecule has 0 bridgehead atoms. The highest BCUT2D eigenvalue weighted by Crippen LogP contribution is 2.32. The quantitative estimate of drug-likeness (QED) is 0.267. The molecule has 1 aromatic rings. The average molecular weight is 592 g/mol. The Morgan fingerprint density at radius 2 is 1.59 bits per heavy atom. The second-order valence-electron chi connectivity index (χ2n) is 11.3. The number of aryl methyl sites for hydroxylation is 2. The number of nitrogens with one attached hydrogen (secondary N) is 1. The number of anilines is 1. The molecule has 1 aromatic carbocycles. The molecule has 41 heavy (non-hydrogen) atoms. The number of halogens is 1. The number of alkyl halides is 1. The number of rotatable bonds is 15. The topological polar surface area (TPSA) is 125 Å². The fourth-order valence-electron chi connectivity index (χ4n) is 5.55. The van der Waals surface area contributed by atoms with Crippen LogP contribution >= 0.6 is 0 Å².